The van der Waals surface area contributed by atoms with Crippen molar-refractivity contribution in [1.29, 1.82) is 10.5 Å². The third kappa shape index (κ3) is 4.01. The predicted molar refractivity (Wildman–Crippen MR) is 121 cm³/mol. The number of halogens is 1. The van der Waals surface area contributed by atoms with Crippen molar-refractivity contribution in [2.75, 3.05) is 16.8 Å². The molecular formula is C21H20ClN9O. The average Bonchev–Trinajstić information content (AvgIpc) is 3.58. The van der Waals surface area contributed by atoms with Gasteiger partial charge in [-0.25, -0.2) is 4.98 Å². The molecule has 1 aromatic carbocycles. The van der Waals surface area contributed by atoms with Gasteiger partial charge < -0.3 is 16.8 Å². The molecule has 1 aliphatic carbocycles. The Balaban J connectivity index is 1.88. The maximum Gasteiger partial charge on any atom is 0.262 e. The van der Waals surface area contributed by atoms with Gasteiger partial charge in [-0.05, 0) is 37.3 Å². The molecule has 1 fully saturated rings. The molecule has 162 valence electrons. The van der Waals surface area contributed by atoms with Crippen LogP contribution in [0.4, 0.5) is 17.6 Å². The zero-order valence-electron chi connectivity index (χ0n) is 17.0. The summed E-state index contributed by atoms with van der Waals surface area (Å²) in [7, 11) is 0. The predicted octanol–water partition coefficient (Wildman–Crippen LogP) is 2.74. The number of hydrogen-bond donors (Lipinski definition) is 3. The average molecular weight is 450 g/mol. The molecule has 11 heteroatoms. The molecule has 0 bridgehead atoms. The van der Waals surface area contributed by atoms with E-state index in [0.29, 0.717) is 41.1 Å². The summed E-state index contributed by atoms with van der Waals surface area (Å²) in [6.45, 7) is 0.306. The van der Waals surface area contributed by atoms with E-state index in [2.05, 4.69) is 21.4 Å². The quantitative estimate of drug-likeness (QED) is 0.458. The summed E-state index contributed by atoms with van der Waals surface area (Å²) in [5, 5.41) is 22.4. The number of rotatable bonds is 7. The van der Waals surface area contributed by atoms with Gasteiger partial charge in [0.2, 0.25) is 5.95 Å². The van der Waals surface area contributed by atoms with Crippen LogP contribution in [0.25, 0.3) is 10.9 Å². The molecule has 4 rings (SSSR count). The van der Waals surface area contributed by atoms with Crippen molar-refractivity contribution in [2.45, 2.75) is 38.3 Å². The number of nitrogens with two attached hydrogens (primary N) is 2. The molecule has 1 saturated carbocycles. The third-order valence-corrected chi connectivity index (χ3v) is 5.68. The Morgan fingerprint density at radius 1 is 1.25 bits per heavy atom. The molecule has 0 amide bonds. The largest absolute Gasteiger partial charge is 0.382 e. The van der Waals surface area contributed by atoms with E-state index in [4.69, 9.17) is 33.3 Å². The summed E-state index contributed by atoms with van der Waals surface area (Å²) < 4.78 is 1.56. The molecule has 3 aromatic rings. The van der Waals surface area contributed by atoms with E-state index in [9.17, 15) is 10.1 Å². The van der Waals surface area contributed by atoms with Gasteiger partial charge in [0.25, 0.3) is 5.56 Å². The highest BCUT2D eigenvalue weighted by Crippen LogP contribution is 2.43. The summed E-state index contributed by atoms with van der Waals surface area (Å²) >= 11 is 6.30. The zero-order chi connectivity index (χ0) is 22.8. The molecule has 1 unspecified atom stereocenters. The maximum absolute atomic E-state index is 13.4. The third-order valence-electron chi connectivity index (χ3n) is 5.36. The minimum absolute atomic E-state index is 0.0262. The smallest absolute Gasteiger partial charge is 0.262 e. The van der Waals surface area contributed by atoms with Gasteiger partial charge in [0.15, 0.2) is 5.82 Å². The van der Waals surface area contributed by atoms with Crippen LogP contribution in [0.5, 0.6) is 0 Å². The number of nitrogens with zero attached hydrogens (tertiary/aromatic N) is 6. The first kappa shape index (κ1) is 21.3. The summed E-state index contributed by atoms with van der Waals surface area (Å²) in [5.74, 6) is 0.762. The molecule has 0 spiro atoms. The number of benzene rings is 1. The van der Waals surface area contributed by atoms with Crippen LogP contribution >= 0.6 is 11.6 Å². The first-order valence-electron chi connectivity index (χ1n) is 10.1. The fraction of sp³-hybridized carbons (Fsp3) is 0.333. The fourth-order valence-corrected chi connectivity index (χ4v) is 3.94. The fourth-order valence-electron chi connectivity index (χ4n) is 3.69. The van der Waals surface area contributed by atoms with E-state index < -0.39 is 6.04 Å². The number of anilines is 3. The van der Waals surface area contributed by atoms with Crippen molar-refractivity contribution in [3.05, 3.63) is 45.0 Å². The molecular weight excluding hydrogens is 430 g/mol. The summed E-state index contributed by atoms with van der Waals surface area (Å²) in [5.41, 5.74) is 11.9. The van der Waals surface area contributed by atoms with E-state index in [0.717, 1.165) is 12.8 Å². The summed E-state index contributed by atoms with van der Waals surface area (Å²) in [4.78, 5) is 26.2. The second kappa shape index (κ2) is 8.69. The van der Waals surface area contributed by atoms with E-state index in [1.807, 2.05) is 6.07 Å². The van der Waals surface area contributed by atoms with Gasteiger partial charge in [-0.15, -0.1) is 0 Å². The lowest BCUT2D eigenvalue weighted by atomic mass is 10.1. The molecule has 0 saturated heterocycles. The summed E-state index contributed by atoms with van der Waals surface area (Å²) in [6.07, 6.45) is 2.61. The maximum atomic E-state index is 13.4. The molecule has 5 N–H and O–H groups in total. The van der Waals surface area contributed by atoms with Gasteiger partial charge in [0, 0.05) is 13.0 Å². The number of hydrogen-bond acceptors (Lipinski definition) is 9. The number of nitriles is 2. The van der Waals surface area contributed by atoms with Crippen LogP contribution in [0, 0.1) is 28.6 Å². The van der Waals surface area contributed by atoms with Crippen LogP contribution in [0.2, 0.25) is 5.02 Å². The van der Waals surface area contributed by atoms with Crippen LogP contribution in [0.15, 0.2) is 23.0 Å². The van der Waals surface area contributed by atoms with Gasteiger partial charge in [-0.1, -0.05) is 17.7 Å². The van der Waals surface area contributed by atoms with E-state index in [1.54, 1.807) is 22.8 Å². The van der Waals surface area contributed by atoms with Crippen LogP contribution in [-0.4, -0.2) is 19.5 Å². The standard InChI is InChI=1S/C21H20ClN9O/c22-13-4-3-5-14-15(13)20(32)31(9-2-1-8-23)19(27-14)16(11-6-7-11)28-18-12(10-24)17(25)29-21(26)30-18/h3-5,11,16H,1-2,6-7,9H2,(H5,25,26,28,29,30). The highest BCUT2D eigenvalue weighted by Gasteiger charge is 2.36. The highest BCUT2D eigenvalue weighted by atomic mass is 35.5. The van der Waals surface area contributed by atoms with Crippen LogP contribution < -0.4 is 22.3 Å². The molecule has 2 heterocycles. The molecule has 0 radical (unpaired) electrons. The van der Waals surface area contributed by atoms with E-state index in [1.165, 1.54) is 0 Å². The second-order valence-electron chi connectivity index (χ2n) is 7.58. The number of nitrogens with one attached hydrogen (secondary N) is 1. The lowest BCUT2D eigenvalue weighted by molar-refractivity contribution is 0.530. The van der Waals surface area contributed by atoms with Crippen molar-refractivity contribution in [3.8, 4) is 12.1 Å². The lowest BCUT2D eigenvalue weighted by Gasteiger charge is -2.23. The molecule has 1 atom stereocenters. The van der Waals surface area contributed by atoms with Crippen molar-refractivity contribution in [1.82, 2.24) is 19.5 Å². The Kier molecular flexibility index (Phi) is 5.80. The minimum Gasteiger partial charge on any atom is -0.382 e. The Labute approximate surface area is 188 Å². The molecule has 10 nitrogen and oxygen atoms in total. The van der Waals surface area contributed by atoms with Crippen LogP contribution in [-0.2, 0) is 6.54 Å². The Bertz CT molecular complexity index is 1330. The molecule has 1 aliphatic rings. The zero-order valence-corrected chi connectivity index (χ0v) is 17.8. The van der Waals surface area contributed by atoms with Crippen molar-refractivity contribution >= 4 is 40.1 Å². The highest BCUT2D eigenvalue weighted by molar-refractivity contribution is 6.35. The van der Waals surface area contributed by atoms with Gasteiger partial charge in [0.05, 0.1) is 28.0 Å². The first-order valence-corrected chi connectivity index (χ1v) is 10.5. The monoisotopic (exact) mass is 449 g/mol. The van der Waals surface area contributed by atoms with E-state index >= 15 is 0 Å². The topological polar surface area (TPSA) is 172 Å². The molecule has 32 heavy (non-hydrogen) atoms. The van der Waals surface area contributed by atoms with Crippen molar-refractivity contribution in [2.24, 2.45) is 5.92 Å². The van der Waals surface area contributed by atoms with Crippen molar-refractivity contribution < 1.29 is 0 Å². The summed E-state index contributed by atoms with van der Waals surface area (Å²) in [6, 6.07) is 8.80. The van der Waals surface area contributed by atoms with E-state index in [-0.39, 0.29) is 34.6 Å². The van der Waals surface area contributed by atoms with Gasteiger partial charge in [-0.2, -0.15) is 20.5 Å². The second-order valence-corrected chi connectivity index (χ2v) is 7.99. The van der Waals surface area contributed by atoms with Gasteiger partial charge in [-0.3, -0.25) is 9.36 Å². The van der Waals surface area contributed by atoms with Gasteiger partial charge in [0.1, 0.15) is 23.3 Å². The van der Waals surface area contributed by atoms with Gasteiger partial charge >= 0.3 is 0 Å². The van der Waals surface area contributed by atoms with Crippen LogP contribution in [0.1, 0.15) is 43.1 Å². The first-order chi connectivity index (χ1) is 15.4. The minimum atomic E-state index is -0.422. The number of fused-ring (bicyclic) bond motifs is 1. The Morgan fingerprint density at radius 2 is 2.03 bits per heavy atom. The molecule has 0 aliphatic heterocycles. The number of nitrogen functional groups attached to an aromatic ring is 2. The van der Waals surface area contributed by atoms with Crippen LogP contribution in [0.3, 0.4) is 0 Å². The lowest BCUT2D eigenvalue weighted by Crippen LogP contribution is -2.31. The SMILES string of the molecule is N#CCCCn1c(C(Nc2nc(N)nc(N)c2C#N)C2CC2)nc2cccc(Cl)c2c1=O. The molecule has 2 aromatic heterocycles. The Hall–Kier alpha value is -3.89. The number of unbranched alkanes of at least 4 members (excludes halogenated alkanes) is 1. The number of aromatic nitrogens is 4. The normalized spacial score (nSPS) is 14.0. The van der Waals surface area contributed by atoms with Crippen molar-refractivity contribution in [3.63, 3.8) is 0 Å². The Morgan fingerprint density at radius 3 is 2.72 bits per heavy atom.